The third-order valence-corrected chi connectivity index (χ3v) is 1.78. The average molecular weight is 220 g/mol. The van der Waals surface area contributed by atoms with Crippen molar-refractivity contribution in [3.63, 3.8) is 0 Å². The molecule has 0 atom stereocenters. The van der Waals surface area contributed by atoms with E-state index in [1.807, 2.05) is 30.5 Å². The second-order valence-corrected chi connectivity index (χ2v) is 2.92. The van der Waals surface area contributed by atoms with Crippen LogP contribution in [0.2, 0.25) is 0 Å². The SMILES string of the molecule is [CH2-]CCOc1ccc(OSC)cc1.[Na+]. The van der Waals surface area contributed by atoms with Gasteiger partial charge in [0.25, 0.3) is 0 Å². The largest absolute Gasteiger partial charge is 1.00 e. The third kappa shape index (κ3) is 5.15. The molecule has 72 valence electrons. The van der Waals surface area contributed by atoms with E-state index in [9.17, 15) is 0 Å². The fourth-order valence-corrected chi connectivity index (χ4v) is 1.18. The molecular weight excluding hydrogens is 207 g/mol. The topological polar surface area (TPSA) is 18.5 Å². The first-order valence-electron chi connectivity index (χ1n) is 4.09. The molecule has 0 heterocycles. The molecule has 2 nitrogen and oxygen atoms in total. The molecule has 0 radical (unpaired) electrons. The molecule has 0 aliphatic carbocycles. The first-order chi connectivity index (χ1) is 6.36. The first kappa shape index (κ1) is 14.2. The van der Waals surface area contributed by atoms with Crippen LogP contribution < -0.4 is 38.5 Å². The van der Waals surface area contributed by atoms with E-state index in [1.165, 1.54) is 12.0 Å². The molecule has 0 amide bonds. The van der Waals surface area contributed by atoms with E-state index in [4.69, 9.17) is 8.92 Å². The average Bonchev–Trinajstić information content (AvgIpc) is 2.17. The first-order valence-corrected chi connectivity index (χ1v) is 5.24. The molecule has 1 aromatic carbocycles. The van der Waals surface area contributed by atoms with Gasteiger partial charge in [0.2, 0.25) is 0 Å². The second-order valence-electron chi connectivity index (χ2n) is 2.42. The minimum atomic E-state index is 0. The van der Waals surface area contributed by atoms with E-state index in [0.717, 1.165) is 17.9 Å². The molecule has 0 aliphatic rings. The zero-order valence-electron chi connectivity index (χ0n) is 8.66. The van der Waals surface area contributed by atoms with Crippen molar-refractivity contribution in [2.45, 2.75) is 6.42 Å². The van der Waals surface area contributed by atoms with Crippen molar-refractivity contribution in [1.29, 1.82) is 0 Å². The number of benzene rings is 1. The summed E-state index contributed by atoms with van der Waals surface area (Å²) in [5.74, 6) is 1.70. The molecule has 0 N–H and O–H groups in total. The van der Waals surface area contributed by atoms with Gasteiger partial charge in [-0.05, 0) is 24.3 Å². The van der Waals surface area contributed by atoms with Crippen LogP contribution in [0.25, 0.3) is 0 Å². The summed E-state index contributed by atoms with van der Waals surface area (Å²) in [4.78, 5) is 0. The molecule has 0 saturated heterocycles. The monoisotopic (exact) mass is 220 g/mol. The Morgan fingerprint density at radius 2 is 1.79 bits per heavy atom. The molecule has 0 aliphatic heterocycles. The van der Waals surface area contributed by atoms with Gasteiger partial charge in [0.1, 0.15) is 11.5 Å². The summed E-state index contributed by atoms with van der Waals surface area (Å²) in [6.07, 6.45) is 2.66. The van der Waals surface area contributed by atoms with E-state index < -0.39 is 0 Å². The maximum absolute atomic E-state index is 5.36. The van der Waals surface area contributed by atoms with E-state index in [2.05, 4.69) is 6.92 Å². The molecule has 1 rings (SSSR count). The minimum absolute atomic E-state index is 0. The number of hydrogen-bond acceptors (Lipinski definition) is 3. The smallest absolute Gasteiger partial charge is 0.496 e. The molecule has 0 unspecified atom stereocenters. The molecule has 4 heteroatoms. The molecule has 1 aromatic rings. The Labute approximate surface area is 112 Å². The summed E-state index contributed by atoms with van der Waals surface area (Å²) in [5, 5.41) is 0. The van der Waals surface area contributed by atoms with Gasteiger partial charge in [-0.2, -0.15) is 0 Å². The zero-order chi connectivity index (χ0) is 9.52. The molecule has 0 saturated carbocycles. The van der Waals surface area contributed by atoms with Gasteiger partial charge in [-0.15, -0.1) is 6.42 Å². The molecule has 0 spiro atoms. The van der Waals surface area contributed by atoms with E-state index in [1.54, 1.807) is 0 Å². The van der Waals surface area contributed by atoms with Crippen LogP contribution in [-0.4, -0.2) is 12.9 Å². The number of rotatable bonds is 5. The van der Waals surface area contributed by atoms with E-state index in [0.29, 0.717) is 6.61 Å². The Balaban J connectivity index is 0.00000169. The Hall–Kier alpha value is 0.170. The van der Waals surface area contributed by atoms with Crippen LogP contribution in [-0.2, 0) is 0 Å². The van der Waals surface area contributed by atoms with Gasteiger partial charge in [-0.1, -0.05) is 0 Å². The van der Waals surface area contributed by atoms with Crippen LogP contribution in [0.3, 0.4) is 0 Å². The second kappa shape index (κ2) is 8.48. The van der Waals surface area contributed by atoms with Crippen molar-refractivity contribution < 1.29 is 38.5 Å². The Bertz CT molecular complexity index is 238. The molecule has 14 heavy (non-hydrogen) atoms. The van der Waals surface area contributed by atoms with Gasteiger partial charge in [0.15, 0.2) is 0 Å². The predicted octanol–water partition coefficient (Wildman–Crippen LogP) is -0.0496. The Kier molecular flexibility index (Phi) is 8.58. The van der Waals surface area contributed by atoms with Crippen LogP contribution in [0.4, 0.5) is 0 Å². The number of ether oxygens (including phenoxy) is 1. The van der Waals surface area contributed by atoms with Crippen molar-refractivity contribution in [1.82, 2.24) is 0 Å². The zero-order valence-corrected chi connectivity index (χ0v) is 11.5. The summed E-state index contributed by atoms with van der Waals surface area (Å²) < 4.78 is 10.6. The van der Waals surface area contributed by atoms with Crippen molar-refractivity contribution in [3.8, 4) is 11.5 Å². The fraction of sp³-hybridized carbons (Fsp3) is 0.300. The summed E-state index contributed by atoms with van der Waals surface area (Å²) in [6, 6.07) is 7.55. The molecule has 0 fully saturated rings. The Morgan fingerprint density at radius 1 is 1.21 bits per heavy atom. The summed E-state index contributed by atoms with van der Waals surface area (Å²) in [5.41, 5.74) is 0. The van der Waals surface area contributed by atoms with Gasteiger partial charge >= 0.3 is 29.6 Å². The van der Waals surface area contributed by atoms with E-state index >= 15 is 0 Å². The van der Waals surface area contributed by atoms with Crippen molar-refractivity contribution in [2.24, 2.45) is 0 Å². The van der Waals surface area contributed by atoms with E-state index in [-0.39, 0.29) is 29.6 Å². The van der Waals surface area contributed by atoms with Crippen molar-refractivity contribution >= 4 is 12.0 Å². The maximum Gasteiger partial charge on any atom is 1.00 e. The normalized spacial score (nSPS) is 9.00. The summed E-state index contributed by atoms with van der Waals surface area (Å²) in [7, 11) is 0. The van der Waals surface area contributed by atoms with Gasteiger partial charge in [0, 0.05) is 6.26 Å². The minimum Gasteiger partial charge on any atom is -0.496 e. The fourth-order valence-electron chi connectivity index (χ4n) is 0.878. The standard InChI is InChI=1S/C10H13O2S.Na/c1-3-8-11-9-4-6-10(7-5-9)12-13-2;/h4-7H,1,3,8H2,2H3;/q-1;+1. The number of hydrogen-bond donors (Lipinski definition) is 0. The van der Waals surface area contributed by atoms with Crippen LogP contribution in [0.15, 0.2) is 24.3 Å². The maximum atomic E-state index is 5.36. The van der Waals surface area contributed by atoms with Crippen LogP contribution in [0.5, 0.6) is 11.5 Å². The van der Waals surface area contributed by atoms with Crippen LogP contribution >= 0.6 is 12.0 Å². The van der Waals surface area contributed by atoms with Gasteiger partial charge in [-0.3, -0.25) is 0 Å². The summed E-state index contributed by atoms with van der Waals surface area (Å²) >= 11 is 1.33. The van der Waals surface area contributed by atoms with Gasteiger partial charge < -0.3 is 15.8 Å². The van der Waals surface area contributed by atoms with Gasteiger partial charge in [-0.25, -0.2) is 0 Å². The molecule has 0 aromatic heterocycles. The predicted molar refractivity (Wildman–Crippen MR) is 56.1 cm³/mol. The Morgan fingerprint density at radius 3 is 2.29 bits per heavy atom. The third-order valence-electron chi connectivity index (χ3n) is 1.42. The van der Waals surface area contributed by atoms with Gasteiger partial charge in [0.05, 0.1) is 18.6 Å². The van der Waals surface area contributed by atoms with Crippen LogP contribution in [0.1, 0.15) is 6.42 Å². The van der Waals surface area contributed by atoms with Crippen molar-refractivity contribution in [2.75, 3.05) is 12.9 Å². The van der Waals surface area contributed by atoms with Crippen molar-refractivity contribution in [3.05, 3.63) is 31.2 Å². The summed E-state index contributed by atoms with van der Waals surface area (Å²) in [6.45, 7) is 4.35. The van der Waals surface area contributed by atoms with Crippen LogP contribution in [0, 0.1) is 6.92 Å². The molecule has 0 bridgehead atoms. The molecular formula is C10H13NaO2S. The quantitative estimate of drug-likeness (QED) is 0.394.